The first kappa shape index (κ1) is 15.7. The molecule has 100 valence electrons. The third-order valence-electron chi connectivity index (χ3n) is 1.83. The standard InChI is InChI=1S/C11H21NO5/c1-11(2,3)17-10(15)12-8(6-5-7-13)9(14)16-4/h8,13H,5-7H2,1-4H3,(H,12,15). The number of aliphatic hydroxyl groups is 1. The number of amides is 1. The van der Waals surface area contributed by atoms with Gasteiger partial charge in [0, 0.05) is 6.61 Å². The van der Waals surface area contributed by atoms with Gasteiger partial charge in [0.15, 0.2) is 0 Å². The number of nitrogens with one attached hydrogen (secondary N) is 1. The van der Waals surface area contributed by atoms with Gasteiger partial charge in [0.1, 0.15) is 11.6 Å². The second-order valence-electron chi connectivity index (χ2n) is 4.59. The highest BCUT2D eigenvalue weighted by Crippen LogP contribution is 2.08. The zero-order chi connectivity index (χ0) is 13.5. The molecule has 0 aliphatic carbocycles. The summed E-state index contributed by atoms with van der Waals surface area (Å²) in [6.07, 6.45) is 0.0312. The van der Waals surface area contributed by atoms with E-state index in [1.54, 1.807) is 20.8 Å². The molecule has 1 amide bonds. The molecular weight excluding hydrogens is 226 g/mol. The second kappa shape index (κ2) is 7.11. The second-order valence-corrected chi connectivity index (χ2v) is 4.59. The highest BCUT2D eigenvalue weighted by molar-refractivity contribution is 5.81. The van der Waals surface area contributed by atoms with Gasteiger partial charge in [-0.3, -0.25) is 0 Å². The summed E-state index contributed by atoms with van der Waals surface area (Å²) in [6, 6.07) is -0.790. The summed E-state index contributed by atoms with van der Waals surface area (Å²) in [5.41, 5.74) is -0.623. The van der Waals surface area contributed by atoms with E-state index >= 15 is 0 Å². The van der Waals surface area contributed by atoms with Gasteiger partial charge in [-0.15, -0.1) is 0 Å². The Morgan fingerprint density at radius 3 is 2.35 bits per heavy atom. The van der Waals surface area contributed by atoms with Crippen LogP contribution in [0.25, 0.3) is 0 Å². The zero-order valence-electron chi connectivity index (χ0n) is 10.8. The fourth-order valence-corrected chi connectivity index (χ4v) is 1.14. The van der Waals surface area contributed by atoms with E-state index < -0.39 is 23.7 Å². The van der Waals surface area contributed by atoms with E-state index in [1.165, 1.54) is 7.11 Å². The predicted octanol–water partition coefficient (Wildman–Crippen LogP) is 0.825. The van der Waals surface area contributed by atoms with E-state index in [4.69, 9.17) is 9.84 Å². The summed E-state index contributed by atoms with van der Waals surface area (Å²) in [5.74, 6) is -0.552. The van der Waals surface area contributed by atoms with E-state index in [1.807, 2.05) is 0 Å². The lowest BCUT2D eigenvalue weighted by Crippen LogP contribution is -2.44. The SMILES string of the molecule is COC(=O)C(CCCO)NC(=O)OC(C)(C)C. The fourth-order valence-electron chi connectivity index (χ4n) is 1.14. The molecule has 17 heavy (non-hydrogen) atoms. The maximum Gasteiger partial charge on any atom is 0.408 e. The quantitative estimate of drug-likeness (QED) is 0.703. The number of methoxy groups -OCH3 is 1. The minimum atomic E-state index is -0.790. The molecule has 0 fully saturated rings. The normalized spacial score (nSPS) is 12.8. The third-order valence-corrected chi connectivity index (χ3v) is 1.83. The molecule has 0 aromatic heterocycles. The van der Waals surface area contributed by atoms with Crippen LogP contribution < -0.4 is 5.32 Å². The Morgan fingerprint density at radius 2 is 1.94 bits per heavy atom. The van der Waals surface area contributed by atoms with Crippen LogP contribution >= 0.6 is 0 Å². The molecule has 1 unspecified atom stereocenters. The van der Waals surface area contributed by atoms with Crippen molar-refractivity contribution in [1.82, 2.24) is 5.32 Å². The average molecular weight is 247 g/mol. The van der Waals surface area contributed by atoms with Crippen LogP contribution in [0.2, 0.25) is 0 Å². The maximum absolute atomic E-state index is 11.4. The molecule has 0 heterocycles. The summed E-state index contributed by atoms with van der Waals surface area (Å²) in [7, 11) is 1.24. The molecule has 0 radical (unpaired) electrons. The van der Waals surface area contributed by atoms with Crippen LogP contribution in [-0.2, 0) is 14.3 Å². The molecule has 0 aromatic carbocycles. The Morgan fingerprint density at radius 1 is 1.35 bits per heavy atom. The van der Waals surface area contributed by atoms with Crippen LogP contribution in [0.15, 0.2) is 0 Å². The zero-order valence-corrected chi connectivity index (χ0v) is 10.8. The molecule has 0 aliphatic rings. The van der Waals surface area contributed by atoms with Crippen LogP contribution in [0, 0.1) is 0 Å². The van der Waals surface area contributed by atoms with Crippen molar-refractivity contribution in [1.29, 1.82) is 0 Å². The van der Waals surface area contributed by atoms with Crippen LogP contribution in [0.3, 0.4) is 0 Å². The topological polar surface area (TPSA) is 84.9 Å². The minimum absolute atomic E-state index is 0.0521. The first-order valence-electron chi connectivity index (χ1n) is 5.48. The number of esters is 1. The molecule has 0 saturated heterocycles. The Kier molecular flexibility index (Phi) is 6.57. The number of carbonyl (C=O) groups is 2. The molecule has 0 rings (SSSR count). The van der Waals surface area contributed by atoms with Gasteiger partial charge < -0.3 is 19.9 Å². The first-order valence-corrected chi connectivity index (χ1v) is 5.48. The number of hydrogen-bond donors (Lipinski definition) is 2. The molecule has 1 atom stereocenters. The molecule has 0 bridgehead atoms. The van der Waals surface area contributed by atoms with Crippen LogP contribution in [0.1, 0.15) is 33.6 Å². The van der Waals surface area contributed by atoms with E-state index in [2.05, 4.69) is 10.1 Å². The van der Waals surface area contributed by atoms with Gasteiger partial charge in [-0.25, -0.2) is 9.59 Å². The van der Waals surface area contributed by atoms with Crippen LogP contribution in [0.5, 0.6) is 0 Å². The van der Waals surface area contributed by atoms with Crippen LogP contribution in [-0.4, -0.2) is 42.5 Å². The van der Waals surface area contributed by atoms with Gasteiger partial charge in [0.05, 0.1) is 7.11 Å². The Hall–Kier alpha value is -1.30. The number of aliphatic hydroxyl groups excluding tert-OH is 1. The number of alkyl carbamates (subject to hydrolysis) is 1. The predicted molar refractivity (Wildman–Crippen MR) is 61.5 cm³/mol. The van der Waals surface area contributed by atoms with Gasteiger partial charge in [-0.1, -0.05) is 0 Å². The van der Waals surface area contributed by atoms with E-state index in [9.17, 15) is 9.59 Å². The van der Waals surface area contributed by atoms with E-state index in [0.29, 0.717) is 12.8 Å². The molecule has 0 aliphatic heterocycles. The maximum atomic E-state index is 11.4. The highest BCUT2D eigenvalue weighted by atomic mass is 16.6. The summed E-state index contributed by atoms with van der Waals surface area (Å²) < 4.78 is 9.57. The molecular formula is C11H21NO5. The molecule has 0 spiro atoms. The van der Waals surface area contributed by atoms with Crippen molar-refractivity contribution >= 4 is 12.1 Å². The lowest BCUT2D eigenvalue weighted by atomic mass is 10.1. The van der Waals surface area contributed by atoms with Gasteiger partial charge >= 0.3 is 12.1 Å². The summed E-state index contributed by atoms with van der Waals surface area (Å²) in [5, 5.41) is 11.1. The first-order chi connectivity index (χ1) is 7.80. The van der Waals surface area contributed by atoms with Gasteiger partial charge in [-0.05, 0) is 33.6 Å². The van der Waals surface area contributed by atoms with E-state index in [0.717, 1.165) is 0 Å². The minimum Gasteiger partial charge on any atom is -0.467 e. The van der Waals surface area contributed by atoms with Gasteiger partial charge in [-0.2, -0.15) is 0 Å². The number of carbonyl (C=O) groups excluding carboxylic acids is 2. The third kappa shape index (κ3) is 7.57. The Labute approximate surface area is 101 Å². The van der Waals surface area contributed by atoms with Gasteiger partial charge in [0.2, 0.25) is 0 Å². The van der Waals surface area contributed by atoms with Crippen molar-refractivity contribution in [2.45, 2.75) is 45.3 Å². The highest BCUT2D eigenvalue weighted by Gasteiger charge is 2.24. The van der Waals surface area contributed by atoms with Crippen molar-refractivity contribution in [3.8, 4) is 0 Å². The molecule has 6 nitrogen and oxygen atoms in total. The number of ether oxygens (including phenoxy) is 2. The summed E-state index contributed by atoms with van der Waals surface area (Å²) in [4.78, 5) is 22.8. The largest absolute Gasteiger partial charge is 0.467 e. The van der Waals surface area contributed by atoms with Crippen LogP contribution in [0.4, 0.5) is 4.79 Å². The summed E-state index contributed by atoms with van der Waals surface area (Å²) in [6.45, 7) is 5.14. The van der Waals surface area contributed by atoms with Crippen molar-refractivity contribution in [2.75, 3.05) is 13.7 Å². The number of rotatable bonds is 5. The number of hydrogen-bond acceptors (Lipinski definition) is 5. The van der Waals surface area contributed by atoms with Crippen molar-refractivity contribution in [2.24, 2.45) is 0 Å². The van der Waals surface area contributed by atoms with E-state index in [-0.39, 0.29) is 6.61 Å². The smallest absolute Gasteiger partial charge is 0.408 e. The Balaban J connectivity index is 4.32. The average Bonchev–Trinajstić information content (AvgIpc) is 2.20. The van der Waals surface area contributed by atoms with Crippen molar-refractivity contribution in [3.05, 3.63) is 0 Å². The monoisotopic (exact) mass is 247 g/mol. The lowest BCUT2D eigenvalue weighted by molar-refractivity contribution is -0.143. The molecule has 2 N–H and O–H groups in total. The lowest BCUT2D eigenvalue weighted by Gasteiger charge is -2.22. The molecule has 6 heteroatoms. The van der Waals surface area contributed by atoms with Crippen molar-refractivity contribution < 1.29 is 24.2 Å². The Bertz CT molecular complexity index is 259. The molecule has 0 saturated carbocycles. The fraction of sp³-hybridized carbons (Fsp3) is 0.818. The van der Waals surface area contributed by atoms with Crippen molar-refractivity contribution in [3.63, 3.8) is 0 Å². The summed E-state index contributed by atoms with van der Waals surface area (Å²) >= 11 is 0. The molecule has 0 aromatic rings. The van der Waals surface area contributed by atoms with Gasteiger partial charge in [0.25, 0.3) is 0 Å².